The van der Waals surface area contributed by atoms with Crippen LogP contribution < -0.4 is 0 Å². The molecule has 0 fully saturated rings. The second-order valence-electron chi connectivity index (χ2n) is 0.519. The molecule has 0 aromatic rings. The van der Waals surface area contributed by atoms with E-state index >= 15 is 0 Å². The van der Waals surface area contributed by atoms with Crippen molar-refractivity contribution in [2.75, 3.05) is 0 Å². The summed E-state index contributed by atoms with van der Waals surface area (Å²) < 4.78 is 0. The van der Waals surface area contributed by atoms with Gasteiger partial charge < -0.3 is 12.5 Å². The molecule has 3 heteroatoms. The topological polar surface area (TPSA) is 37.3 Å². The number of carboxylic acid groups (broad SMARTS) is 1. The minimum absolute atomic E-state index is 0. The average molecular weight is 139 g/mol. The van der Waals surface area contributed by atoms with Gasteiger partial charge in [-0.05, 0) is 0 Å². The summed E-state index contributed by atoms with van der Waals surface area (Å²) >= 11 is 0. The number of hydrogen-bond donors (Lipinski definition) is 1. The molecule has 0 unspecified atom stereocenters. The number of hydrogen-bond acceptors (Lipinski definition) is 1. The molecular weight excluding hydrogens is 132 g/mol. The Morgan fingerprint density at radius 3 is 1.67 bits per heavy atom. The van der Waals surface area contributed by atoms with Gasteiger partial charge in [0.1, 0.15) is 0 Å². The van der Waals surface area contributed by atoms with Crippen LogP contribution in [-0.2, 0) is 21.9 Å². The molecule has 0 amide bonds. The largest absolute Gasteiger partial charge is 1.00 e. The molecular formula is C3H7CuO2. The molecule has 0 radical (unpaired) electrons. The van der Waals surface area contributed by atoms with Crippen molar-refractivity contribution >= 4 is 5.97 Å². The number of rotatable bonds is 0. The fourth-order valence-electron chi connectivity index (χ4n) is 0. The van der Waals surface area contributed by atoms with E-state index in [0.717, 1.165) is 6.92 Å². The van der Waals surface area contributed by atoms with Crippen molar-refractivity contribution in [3.8, 4) is 0 Å². The van der Waals surface area contributed by atoms with Crippen molar-refractivity contribution in [2.24, 2.45) is 0 Å². The zero-order valence-corrected chi connectivity index (χ0v) is 4.60. The normalized spacial score (nSPS) is 4.17. The molecule has 0 aliphatic carbocycles. The van der Waals surface area contributed by atoms with Crippen LogP contribution in [0.1, 0.15) is 6.92 Å². The molecule has 0 atom stereocenters. The average Bonchev–Trinajstić information content (AvgIpc) is 0.811. The molecule has 1 N–H and O–H groups in total. The van der Waals surface area contributed by atoms with E-state index in [0.29, 0.717) is 0 Å². The summed E-state index contributed by atoms with van der Waals surface area (Å²) in [6.07, 6.45) is 0. The molecule has 0 rings (SSSR count). The molecule has 0 aliphatic rings. The summed E-state index contributed by atoms with van der Waals surface area (Å²) in [5.74, 6) is -0.833. The quantitative estimate of drug-likeness (QED) is 0.392. The Kier molecular flexibility index (Phi) is 24.7. The Labute approximate surface area is 48.0 Å². The standard InChI is InChI=1S/C2H4O2.CH3.Cu/c1-2(3)4;;/h1H3,(H,3,4);1H3;/q;-1;+1. The van der Waals surface area contributed by atoms with Gasteiger partial charge in [0.15, 0.2) is 0 Å². The monoisotopic (exact) mass is 138 g/mol. The van der Waals surface area contributed by atoms with Gasteiger partial charge in [-0.15, -0.1) is 0 Å². The minimum Gasteiger partial charge on any atom is -0.481 e. The van der Waals surface area contributed by atoms with Crippen LogP contribution >= 0.6 is 0 Å². The van der Waals surface area contributed by atoms with Gasteiger partial charge in [-0.1, -0.05) is 0 Å². The predicted molar refractivity (Wildman–Crippen MR) is 19.7 cm³/mol. The smallest absolute Gasteiger partial charge is 0.481 e. The van der Waals surface area contributed by atoms with E-state index in [2.05, 4.69) is 0 Å². The van der Waals surface area contributed by atoms with E-state index in [1.54, 1.807) is 0 Å². The molecule has 42 valence electrons. The van der Waals surface area contributed by atoms with E-state index in [1.807, 2.05) is 0 Å². The van der Waals surface area contributed by atoms with Gasteiger partial charge in [0.05, 0.1) is 0 Å². The van der Waals surface area contributed by atoms with Gasteiger partial charge in [-0.25, -0.2) is 0 Å². The molecule has 2 nitrogen and oxygen atoms in total. The Balaban J connectivity index is -0.0000000450. The van der Waals surface area contributed by atoms with E-state index < -0.39 is 5.97 Å². The van der Waals surface area contributed by atoms with Crippen LogP contribution in [-0.4, -0.2) is 11.1 Å². The summed E-state index contributed by atoms with van der Waals surface area (Å²) in [5.41, 5.74) is 0. The van der Waals surface area contributed by atoms with E-state index in [4.69, 9.17) is 9.90 Å². The first-order chi connectivity index (χ1) is 1.73. The van der Waals surface area contributed by atoms with Crippen molar-refractivity contribution in [1.82, 2.24) is 0 Å². The van der Waals surface area contributed by atoms with Crippen molar-refractivity contribution in [2.45, 2.75) is 6.92 Å². The first-order valence-electron chi connectivity index (χ1n) is 0.928. The minimum atomic E-state index is -0.833. The summed E-state index contributed by atoms with van der Waals surface area (Å²) in [6.45, 7) is 1.08. The van der Waals surface area contributed by atoms with E-state index in [-0.39, 0.29) is 24.5 Å². The summed E-state index contributed by atoms with van der Waals surface area (Å²) in [4.78, 5) is 9.00. The van der Waals surface area contributed by atoms with Gasteiger partial charge in [0.2, 0.25) is 0 Å². The molecule has 0 saturated heterocycles. The second kappa shape index (κ2) is 8.89. The van der Waals surface area contributed by atoms with Crippen LogP contribution in [0.25, 0.3) is 0 Å². The summed E-state index contributed by atoms with van der Waals surface area (Å²) in [5, 5.41) is 7.42. The van der Waals surface area contributed by atoms with Crippen molar-refractivity contribution < 1.29 is 27.0 Å². The third-order valence-electron chi connectivity index (χ3n) is 0. The second-order valence-corrected chi connectivity index (χ2v) is 0.519. The number of aliphatic carboxylic acids is 1. The fraction of sp³-hybridized carbons (Fsp3) is 0.333. The molecule has 0 heterocycles. The number of carboxylic acids is 1. The molecule has 0 spiro atoms. The zero-order chi connectivity index (χ0) is 3.58. The van der Waals surface area contributed by atoms with Crippen LogP contribution in [0.15, 0.2) is 0 Å². The Morgan fingerprint density at radius 2 is 1.67 bits per heavy atom. The van der Waals surface area contributed by atoms with Crippen LogP contribution in [0.2, 0.25) is 0 Å². The van der Waals surface area contributed by atoms with E-state index in [1.165, 1.54) is 0 Å². The summed E-state index contributed by atoms with van der Waals surface area (Å²) in [7, 11) is 0. The van der Waals surface area contributed by atoms with Gasteiger partial charge in [-0.2, -0.15) is 0 Å². The summed E-state index contributed by atoms with van der Waals surface area (Å²) in [6, 6.07) is 0. The third kappa shape index (κ3) is 322000. The third-order valence-corrected chi connectivity index (χ3v) is 0. The zero-order valence-electron chi connectivity index (χ0n) is 3.66. The van der Waals surface area contributed by atoms with Crippen molar-refractivity contribution in [1.29, 1.82) is 0 Å². The van der Waals surface area contributed by atoms with Gasteiger partial charge in [-0.3, -0.25) is 4.79 Å². The van der Waals surface area contributed by atoms with E-state index in [9.17, 15) is 0 Å². The first kappa shape index (κ1) is 16.7. The van der Waals surface area contributed by atoms with Crippen LogP contribution in [0.4, 0.5) is 0 Å². The molecule has 0 aromatic heterocycles. The SMILES string of the molecule is CC(=O)O.[CH3-].[Cu+]. The maximum atomic E-state index is 9.00. The van der Waals surface area contributed by atoms with Gasteiger partial charge in [0, 0.05) is 6.92 Å². The van der Waals surface area contributed by atoms with Crippen LogP contribution in [0, 0.1) is 7.43 Å². The van der Waals surface area contributed by atoms with Gasteiger partial charge >= 0.3 is 17.1 Å². The van der Waals surface area contributed by atoms with Gasteiger partial charge in [0.25, 0.3) is 5.97 Å². The maximum Gasteiger partial charge on any atom is 1.00 e. The maximum absolute atomic E-state index is 9.00. The number of carbonyl (C=O) groups is 1. The molecule has 0 aliphatic heterocycles. The molecule has 0 aromatic carbocycles. The van der Waals surface area contributed by atoms with Crippen molar-refractivity contribution in [3.05, 3.63) is 7.43 Å². The Bertz CT molecular complexity index is 31.8. The molecule has 0 bridgehead atoms. The first-order valence-corrected chi connectivity index (χ1v) is 0.928. The van der Waals surface area contributed by atoms with Crippen LogP contribution in [0.3, 0.4) is 0 Å². The predicted octanol–water partition coefficient (Wildman–Crippen LogP) is 0.539. The fourth-order valence-corrected chi connectivity index (χ4v) is 0. The molecule has 0 saturated carbocycles. The Morgan fingerprint density at radius 1 is 1.67 bits per heavy atom. The molecule has 6 heavy (non-hydrogen) atoms. The Hall–Kier alpha value is -0.0105. The van der Waals surface area contributed by atoms with Crippen LogP contribution in [0.5, 0.6) is 0 Å². The van der Waals surface area contributed by atoms with Crippen molar-refractivity contribution in [3.63, 3.8) is 0 Å².